The van der Waals surface area contributed by atoms with E-state index in [4.69, 9.17) is 0 Å². The second-order valence-corrected chi connectivity index (χ2v) is 5.49. The Labute approximate surface area is 129 Å². The molecule has 1 aliphatic rings. The average Bonchev–Trinajstić information content (AvgIpc) is 2.75. The van der Waals surface area contributed by atoms with Crippen molar-refractivity contribution in [1.29, 1.82) is 0 Å². The minimum atomic E-state index is -1.25. The molecule has 2 aromatic rings. The Bertz CT molecular complexity index is 669. The van der Waals surface area contributed by atoms with Crippen molar-refractivity contribution >= 4 is 11.8 Å². The highest BCUT2D eigenvalue weighted by Gasteiger charge is 2.46. The highest BCUT2D eigenvalue weighted by molar-refractivity contribution is 6.06. The van der Waals surface area contributed by atoms with Crippen LogP contribution in [-0.4, -0.2) is 27.9 Å². The lowest BCUT2D eigenvalue weighted by Gasteiger charge is -2.14. The van der Waals surface area contributed by atoms with Gasteiger partial charge in [-0.15, -0.1) is 0 Å². The largest absolute Gasteiger partial charge is 0.382 e. The Morgan fingerprint density at radius 2 is 1.36 bits per heavy atom. The molecular weight excluding hydrogens is 278 g/mol. The van der Waals surface area contributed by atoms with Crippen LogP contribution in [0.15, 0.2) is 60.7 Å². The molecule has 112 valence electrons. The molecule has 0 aliphatic carbocycles. The maximum absolute atomic E-state index is 12.5. The van der Waals surface area contributed by atoms with Gasteiger partial charge < -0.3 is 5.11 Å². The van der Waals surface area contributed by atoms with E-state index in [1.807, 2.05) is 60.7 Å². The van der Waals surface area contributed by atoms with Crippen molar-refractivity contribution in [3.8, 4) is 0 Å². The van der Waals surface area contributed by atoms with E-state index in [-0.39, 0.29) is 12.5 Å². The van der Waals surface area contributed by atoms with Crippen molar-refractivity contribution in [3.63, 3.8) is 0 Å². The maximum atomic E-state index is 12.5. The minimum absolute atomic E-state index is 0.209. The topological polar surface area (TPSA) is 57.6 Å². The molecule has 1 heterocycles. The van der Waals surface area contributed by atoms with Gasteiger partial charge in [0.2, 0.25) is 5.91 Å². The number of hydrogen-bond donors (Lipinski definition) is 1. The fourth-order valence-corrected chi connectivity index (χ4v) is 2.76. The minimum Gasteiger partial charge on any atom is -0.382 e. The fraction of sp³-hybridized carbons (Fsp3) is 0.222. The number of hydrogen-bond acceptors (Lipinski definition) is 3. The van der Waals surface area contributed by atoms with E-state index in [9.17, 15) is 14.7 Å². The number of aliphatic hydroxyl groups is 1. The smallest absolute Gasteiger partial charge is 0.259 e. The molecule has 4 nitrogen and oxygen atoms in total. The zero-order chi connectivity index (χ0) is 15.5. The Kier molecular flexibility index (Phi) is 4.02. The standard InChI is InChI=1S/C18H17NO3/c20-16-15(11-13-7-3-1-4-8-13)17(21)19(18(16)22)12-14-9-5-2-6-10-14/h1-10,15-16,20H,11-12H2/t15-,16-/m0/s1. The zero-order valence-corrected chi connectivity index (χ0v) is 12.1. The van der Waals surface area contributed by atoms with E-state index in [1.54, 1.807) is 0 Å². The molecular formula is C18H17NO3. The fourth-order valence-electron chi connectivity index (χ4n) is 2.76. The van der Waals surface area contributed by atoms with Gasteiger partial charge in [0.25, 0.3) is 5.91 Å². The van der Waals surface area contributed by atoms with Gasteiger partial charge >= 0.3 is 0 Å². The van der Waals surface area contributed by atoms with Crippen LogP contribution >= 0.6 is 0 Å². The first kappa shape index (κ1) is 14.5. The summed E-state index contributed by atoms with van der Waals surface area (Å²) in [5.74, 6) is -1.50. The third-order valence-corrected chi connectivity index (χ3v) is 3.97. The predicted octanol–water partition coefficient (Wildman–Crippen LogP) is 1.78. The number of rotatable bonds is 4. The molecule has 1 aliphatic heterocycles. The van der Waals surface area contributed by atoms with Crippen molar-refractivity contribution in [2.24, 2.45) is 5.92 Å². The molecule has 2 aromatic carbocycles. The van der Waals surface area contributed by atoms with Crippen molar-refractivity contribution < 1.29 is 14.7 Å². The van der Waals surface area contributed by atoms with Crippen LogP contribution < -0.4 is 0 Å². The number of carbonyl (C=O) groups is 2. The predicted molar refractivity (Wildman–Crippen MR) is 81.6 cm³/mol. The van der Waals surface area contributed by atoms with Crippen molar-refractivity contribution in [3.05, 3.63) is 71.8 Å². The second kappa shape index (κ2) is 6.12. The summed E-state index contributed by atoms with van der Waals surface area (Å²) in [4.78, 5) is 25.8. The number of benzene rings is 2. The first-order chi connectivity index (χ1) is 10.7. The quantitative estimate of drug-likeness (QED) is 0.875. The van der Waals surface area contributed by atoms with Gasteiger partial charge in [-0.25, -0.2) is 0 Å². The summed E-state index contributed by atoms with van der Waals surface area (Å²) in [6.45, 7) is 0.209. The molecule has 1 saturated heterocycles. The van der Waals surface area contributed by atoms with E-state index in [1.165, 1.54) is 0 Å². The van der Waals surface area contributed by atoms with E-state index in [0.29, 0.717) is 6.42 Å². The lowest BCUT2D eigenvalue weighted by molar-refractivity contribution is -0.141. The molecule has 1 N–H and O–H groups in total. The Hall–Kier alpha value is -2.46. The van der Waals surface area contributed by atoms with E-state index in [2.05, 4.69) is 0 Å². The van der Waals surface area contributed by atoms with Gasteiger partial charge in [-0.3, -0.25) is 14.5 Å². The van der Waals surface area contributed by atoms with Crippen LogP contribution in [0.2, 0.25) is 0 Å². The molecule has 0 aromatic heterocycles. The molecule has 0 radical (unpaired) electrons. The summed E-state index contributed by atoms with van der Waals surface area (Å²) in [5, 5.41) is 10.1. The summed E-state index contributed by atoms with van der Waals surface area (Å²) in [6, 6.07) is 18.8. The molecule has 22 heavy (non-hydrogen) atoms. The van der Waals surface area contributed by atoms with E-state index < -0.39 is 17.9 Å². The summed E-state index contributed by atoms with van der Waals surface area (Å²) >= 11 is 0. The van der Waals surface area contributed by atoms with E-state index >= 15 is 0 Å². The molecule has 1 fully saturated rings. The van der Waals surface area contributed by atoms with Crippen molar-refractivity contribution in [2.45, 2.75) is 19.1 Å². The highest BCUT2D eigenvalue weighted by Crippen LogP contribution is 2.25. The van der Waals surface area contributed by atoms with Gasteiger partial charge in [-0.1, -0.05) is 60.7 Å². The molecule has 2 amide bonds. The number of amides is 2. The van der Waals surface area contributed by atoms with Crippen LogP contribution in [0.25, 0.3) is 0 Å². The molecule has 0 spiro atoms. The molecule has 0 unspecified atom stereocenters. The molecule has 3 rings (SSSR count). The Morgan fingerprint density at radius 1 is 0.818 bits per heavy atom. The van der Waals surface area contributed by atoms with Gasteiger partial charge in [0, 0.05) is 0 Å². The normalized spacial score (nSPS) is 21.4. The lowest BCUT2D eigenvalue weighted by atomic mass is 9.96. The Balaban J connectivity index is 1.77. The van der Waals surface area contributed by atoms with Gasteiger partial charge in [-0.2, -0.15) is 0 Å². The number of nitrogens with zero attached hydrogens (tertiary/aromatic N) is 1. The number of carbonyl (C=O) groups excluding carboxylic acids is 2. The summed E-state index contributed by atoms with van der Waals surface area (Å²) in [6.07, 6.45) is -0.880. The highest BCUT2D eigenvalue weighted by atomic mass is 16.3. The summed E-state index contributed by atoms with van der Waals surface area (Å²) in [7, 11) is 0. The average molecular weight is 295 g/mol. The van der Waals surface area contributed by atoms with Gasteiger partial charge in [0.15, 0.2) is 0 Å². The van der Waals surface area contributed by atoms with Gasteiger partial charge in [0.1, 0.15) is 6.10 Å². The van der Waals surface area contributed by atoms with Crippen LogP contribution in [0.4, 0.5) is 0 Å². The first-order valence-electron chi connectivity index (χ1n) is 7.28. The van der Waals surface area contributed by atoms with E-state index in [0.717, 1.165) is 16.0 Å². The zero-order valence-electron chi connectivity index (χ0n) is 12.1. The molecule has 0 saturated carbocycles. The lowest BCUT2D eigenvalue weighted by Crippen LogP contribution is -2.31. The van der Waals surface area contributed by atoms with Crippen molar-refractivity contribution in [1.82, 2.24) is 4.90 Å². The second-order valence-electron chi connectivity index (χ2n) is 5.49. The number of likely N-dealkylation sites (tertiary alicyclic amines) is 1. The van der Waals surface area contributed by atoms with Gasteiger partial charge in [-0.05, 0) is 17.5 Å². The summed E-state index contributed by atoms with van der Waals surface area (Å²) < 4.78 is 0. The van der Waals surface area contributed by atoms with Gasteiger partial charge in [0.05, 0.1) is 12.5 Å². The molecule has 2 atom stereocenters. The Morgan fingerprint density at radius 3 is 1.95 bits per heavy atom. The number of imide groups is 1. The van der Waals surface area contributed by atoms with Crippen LogP contribution in [0, 0.1) is 5.92 Å². The monoisotopic (exact) mass is 295 g/mol. The number of aliphatic hydroxyl groups excluding tert-OH is 1. The molecule has 0 bridgehead atoms. The van der Waals surface area contributed by atoms with Crippen LogP contribution in [0.5, 0.6) is 0 Å². The van der Waals surface area contributed by atoms with Crippen LogP contribution in [0.1, 0.15) is 11.1 Å². The molecule has 4 heteroatoms. The third kappa shape index (κ3) is 2.78. The third-order valence-electron chi connectivity index (χ3n) is 3.97. The SMILES string of the molecule is O=C1[C@@H](O)[C@H](Cc2ccccc2)C(=O)N1Cc1ccccc1. The van der Waals surface area contributed by atoms with Crippen LogP contribution in [-0.2, 0) is 22.6 Å². The van der Waals surface area contributed by atoms with Crippen LogP contribution in [0.3, 0.4) is 0 Å². The maximum Gasteiger partial charge on any atom is 0.259 e. The summed E-state index contributed by atoms with van der Waals surface area (Å²) in [5.41, 5.74) is 1.81. The van der Waals surface area contributed by atoms with Crippen molar-refractivity contribution in [2.75, 3.05) is 0 Å². The first-order valence-corrected chi connectivity index (χ1v) is 7.28.